The number of aliphatic hydroxyl groups is 1. The summed E-state index contributed by atoms with van der Waals surface area (Å²) in [5, 5.41) is 17.3. The van der Waals surface area contributed by atoms with Crippen molar-refractivity contribution in [3.63, 3.8) is 0 Å². The number of benzene rings is 1. The fraction of sp³-hybridized carbons (Fsp3) is 0.267. The molecule has 1 heterocycles. The first-order valence-electron chi connectivity index (χ1n) is 6.57. The van der Waals surface area contributed by atoms with Gasteiger partial charge in [-0.15, -0.1) is 22.9 Å². The van der Waals surface area contributed by atoms with Gasteiger partial charge in [0.1, 0.15) is 0 Å². The second-order valence-corrected chi connectivity index (χ2v) is 5.87. The maximum atomic E-state index is 12.0. The predicted octanol–water partition coefficient (Wildman–Crippen LogP) is 2.69. The summed E-state index contributed by atoms with van der Waals surface area (Å²) < 4.78 is 0. The molecule has 3 N–H and O–H groups in total. The molecule has 0 saturated heterocycles. The molecule has 0 bridgehead atoms. The average Bonchev–Trinajstić information content (AvgIpc) is 3.04. The van der Waals surface area contributed by atoms with Gasteiger partial charge < -0.3 is 15.7 Å². The van der Waals surface area contributed by atoms with Crippen molar-refractivity contribution in [2.45, 2.75) is 12.6 Å². The number of alkyl halides is 1. The van der Waals surface area contributed by atoms with Crippen molar-refractivity contribution >= 4 is 34.5 Å². The molecule has 1 amide bonds. The highest BCUT2D eigenvalue weighted by atomic mass is 35.5. The maximum absolute atomic E-state index is 12.0. The summed E-state index contributed by atoms with van der Waals surface area (Å²) in [5.41, 5.74) is 1.45. The minimum absolute atomic E-state index is 0.101. The van der Waals surface area contributed by atoms with E-state index in [1.165, 1.54) is 0 Å². The van der Waals surface area contributed by atoms with Gasteiger partial charge in [0.25, 0.3) is 5.91 Å². The second-order valence-electron chi connectivity index (χ2n) is 4.53. The third-order valence-corrected chi connectivity index (χ3v) is 4.10. The van der Waals surface area contributed by atoms with Crippen LogP contribution in [0.2, 0.25) is 0 Å². The quantitative estimate of drug-likeness (QED) is 0.686. The summed E-state index contributed by atoms with van der Waals surface area (Å²) in [6, 6.07) is 11.1. The van der Waals surface area contributed by atoms with E-state index in [9.17, 15) is 9.90 Å². The molecule has 0 aliphatic carbocycles. The number of carbonyl (C=O) groups excluding carboxylic acids is 1. The van der Waals surface area contributed by atoms with Crippen molar-refractivity contribution in [2.75, 3.05) is 17.7 Å². The molecular weight excluding hydrogens is 308 g/mol. The van der Waals surface area contributed by atoms with E-state index < -0.39 is 6.10 Å². The molecule has 1 unspecified atom stereocenters. The van der Waals surface area contributed by atoms with Gasteiger partial charge in [-0.1, -0.05) is 6.07 Å². The average molecular weight is 325 g/mol. The first kappa shape index (κ1) is 15.8. The highest BCUT2D eigenvalue weighted by Gasteiger charge is 2.06. The normalized spacial score (nSPS) is 11.9. The number of rotatable bonds is 7. The molecule has 4 nitrogen and oxygen atoms in total. The van der Waals surface area contributed by atoms with Gasteiger partial charge in [-0.25, -0.2) is 0 Å². The van der Waals surface area contributed by atoms with Crippen LogP contribution in [0, 0.1) is 0 Å². The predicted molar refractivity (Wildman–Crippen MR) is 87.1 cm³/mol. The van der Waals surface area contributed by atoms with Crippen molar-refractivity contribution in [1.29, 1.82) is 0 Å². The fourth-order valence-electron chi connectivity index (χ4n) is 1.71. The second kappa shape index (κ2) is 8.02. The van der Waals surface area contributed by atoms with Gasteiger partial charge in [0.2, 0.25) is 0 Å². The SMILES string of the molecule is O=C(NCc1cccs1)c1ccc(NCC(O)CCl)cc1. The van der Waals surface area contributed by atoms with Crippen molar-refractivity contribution in [2.24, 2.45) is 0 Å². The van der Waals surface area contributed by atoms with E-state index in [1.54, 1.807) is 35.6 Å². The lowest BCUT2D eigenvalue weighted by atomic mass is 10.2. The molecule has 21 heavy (non-hydrogen) atoms. The Kier molecular flexibility index (Phi) is 6.04. The third kappa shape index (κ3) is 5.04. The fourth-order valence-corrected chi connectivity index (χ4v) is 2.47. The Labute approximate surface area is 132 Å². The Morgan fingerprint density at radius 1 is 1.29 bits per heavy atom. The van der Waals surface area contributed by atoms with Gasteiger partial charge >= 0.3 is 0 Å². The number of amides is 1. The zero-order valence-electron chi connectivity index (χ0n) is 11.4. The topological polar surface area (TPSA) is 61.4 Å². The van der Waals surface area contributed by atoms with Gasteiger partial charge in [0, 0.05) is 22.7 Å². The van der Waals surface area contributed by atoms with Crippen molar-refractivity contribution in [1.82, 2.24) is 5.32 Å². The first-order chi connectivity index (χ1) is 10.2. The molecule has 2 aromatic rings. The van der Waals surface area contributed by atoms with Crippen LogP contribution in [-0.4, -0.2) is 29.5 Å². The maximum Gasteiger partial charge on any atom is 0.251 e. The van der Waals surface area contributed by atoms with Crippen LogP contribution >= 0.6 is 22.9 Å². The molecule has 112 valence electrons. The number of hydrogen-bond acceptors (Lipinski definition) is 4. The summed E-state index contributed by atoms with van der Waals surface area (Å²) in [5.74, 6) is 0.0895. The Hall–Kier alpha value is -1.56. The lowest BCUT2D eigenvalue weighted by Crippen LogP contribution is -2.22. The molecular formula is C15H17ClN2O2S. The van der Waals surface area contributed by atoms with Gasteiger partial charge in [-0.2, -0.15) is 0 Å². The van der Waals surface area contributed by atoms with Crippen LogP contribution in [0.5, 0.6) is 0 Å². The van der Waals surface area contributed by atoms with Gasteiger partial charge in [-0.3, -0.25) is 4.79 Å². The Balaban J connectivity index is 1.84. The van der Waals surface area contributed by atoms with Crippen LogP contribution in [0.4, 0.5) is 5.69 Å². The van der Waals surface area contributed by atoms with Gasteiger partial charge in [0.05, 0.1) is 18.5 Å². The summed E-state index contributed by atoms with van der Waals surface area (Å²) in [6.45, 7) is 0.922. The molecule has 6 heteroatoms. The minimum atomic E-state index is -0.583. The highest BCUT2D eigenvalue weighted by molar-refractivity contribution is 7.09. The van der Waals surface area contributed by atoms with Crippen LogP contribution < -0.4 is 10.6 Å². The number of thiophene rings is 1. The zero-order chi connectivity index (χ0) is 15.1. The van der Waals surface area contributed by atoms with E-state index in [4.69, 9.17) is 11.6 Å². The monoisotopic (exact) mass is 324 g/mol. The number of aliphatic hydroxyl groups excluding tert-OH is 1. The van der Waals surface area contributed by atoms with Gasteiger partial charge in [-0.05, 0) is 35.7 Å². The van der Waals surface area contributed by atoms with E-state index in [0.717, 1.165) is 10.6 Å². The molecule has 0 spiro atoms. The standard InChI is InChI=1S/C15H17ClN2O2S/c16-8-13(19)9-17-12-5-3-11(4-6-12)15(20)18-10-14-2-1-7-21-14/h1-7,13,17,19H,8-10H2,(H,18,20). The summed E-state index contributed by atoms with van der Waals surface area (Å²) in [7, 11) is 0. The van der Waals surface area contributed by atoms with E-state index in [1.807, 2.05) is 17.5 Å². The number of halogens is 1. The molecule has 0 aliphatic rings. The molecule has 0 saturated carbocycles. The van der Waals surface area contributed by atoms with E-state index >= 15 is 0 Å². The van der Waals surface area contributed by atoms with Crippen molar-refractivity contribution in [3.05, 3.63) is 52.2 Å². The zero-order valence-corrected chi connectivity index (χ0v) is 13.0. The van der Waals surface area contributed by atoms with E-state index in [0.29, 0.717) is 18.7 Å². The number of carbonyl (C=O) groups is 1. The van der Waals surface area contributed by atoms with Crippen LogP contribution in [0.15, 0.2) is 41.8 Å². The lowest BCUT2D eigenvalue weighted by Gasteiger charge is -2.10. The van der Waals surface area contributed by atoms with E-state index in [2.05, 4.69) is 10.6 Å². The molecule has 1 atom stereocenters. The number of nitrogens with one attached hydrogen (secondary N) is 2. The highest BCUT2D eigenvalue weighted by Crippen LogP contribution is 2.11. The molecule has 1 aromatic heterocycles. The van der Waals surface area contributed by atoms with Crippen LogP contribution in [0.3, 0.4) is 0 Å². The largest absolute Gasteiger partial charge is 0.390 e. The summed E-state index contributed by atoms with van der Waals surface area (Å²) in [4.78, 5) is 13.1. The number of anilines is 1. The smallest absolute Gasteiger partial charge is 0.251 e. The van der Waals surface area contributed by atoms with Crippen LogP contribution in [0.25, 0.3) is 0 Å². The molecule has 0 aliphatic heterocycles. The van der Waals surface area contributed by atoms with Crippen LogP contribution in [-0.2, 0) is 6.54 Å². The van der Waals surface area contributed by atoms with Crippen LogP contribution in [0.1, 0.15) is 15.2 Å². The van der Waals surface area contributed by atoms with Crippen molar-refractivity contribution in [3.8, 4) is 0 Å². The Morgan fingerprint density at radius 3 is 2.67 bits per heavy atom. The summed E-state index contributed by atoms with van der Waals surface area (Å²) >= 11 is 7.13. The van der Waals surface area contributed by atoms with Crippen molar-refractivity contribution < 1.29 is 9.90 Å². The molecule has 2 rings (SSSR count). The molecule has 0 fully saturated rings. The van der Waals surface area contributed by atoms with E-state index in [-0.39, 0.29) is 11.8 Å². The Morgan fingerprint density at radius 2 is 2.05 bits per heavy atom. The molecule has 1 aromatic carbocycles. The third-order valence-electron chi connectivity index (χ3n) is 2.87. The lowest BCUT2D eigenvalue weighted by molar-refractivity contribution is 0.0951. The first-order valence-corrected chi connectivity index (χ1v) is 7.99. The Bertz CT molecular complexity index is 558. The number of hydrogen-bond donors (Lipinski definition) is 3. The minimum Gasteiger partial charge on any atom is -0.390 e. The molecule has 0 radical (unpaired) electrons. The summed E-state index contributed by atoms with van der Waals surface area (Å²) in [6.07, 6.45) is -0.583. The van der Waals surface area contributed by atoms with Gasteiger partial charge in [0.15, 0.2) is 0 Å².